The largest absolute Gasteiger partial charge is 0.488 e. The van der Waals surface area contributed by atoms with Gasteiger partial charge in [0.2, 0.25) is 0 Å². The average molecular weight is 400 g/mol. The van der Waals surface area contributed by atoms with Crippen LogP contribution in [0.2, 0.25) is 0 Å². The van der Waals surface area contributed by atoms with Crippen LogP contribution in [-0.4, -0.2) is 16.7 Å². The lowest BCUT2D eigenvalue weighted by molar-refractivity contribution is 0.108. The molecule has 0 aliphatic carbocycles. The molecule has 152 valence electrons. The van der Waals surface area contributed by atoms with Crippen LogP contribution in [0.25, 0.3) is 0 Å². The molecule has 0 saturated carbocycles. The van der Waals surface area contributed by atoms with Crippen LogP contribution >= 0.6 is 8.58 Å². The Kier molecular flexibility index (Phi) is 6.61. The summed E-state index contributed by atoms with van der Waals surface area (Å²) >= 11 is 0. The first-order valence-electron chi connectivity index (χ1n) is 9.66. The summed E-state index contributed by atoms with van der Waals surface area (Å²) in [7, 11) is -0.00504. The summed E-state index contributed by atoms with van der Waals surface area (Å²) in [6.07, 6.45) is 0. The molecule has 2 rings (SSSR count). The maximum absolute atomic E-state index is 13.1. The summed E-state index contributed by atoms with van der Waals surface area (Å²) in [5, 5.41) is 0.903. The van der Waals surface area contributed by atoms with Crippen LogP contribution in [0.15, 0.2) is 30.3 Å². The number of hydrogen-bond acceptors (Lipinski definition) is 3. The molecule has 0 amide bonds. The van der Waals surface area contributed by atoms with E-state index in [9.17, 15) is 4.79 Å². The lowest BCUT2D eigenvalue weighted by Crippen LogP contribution is -2.26. The lowest BCUT2D eigenvalue weighted by Gasteiger charge is -2.26. The fourth-order valence-electron chi connectivity index (χ4n) is 3.16. The van der Waals surface area contributed by atoms with E-state index in [1.54, 1.807) is 0 Å². The molecule has 1 atom stereocenters. The Bertz CT molecular complexity index is 847. The molecule has 0 heterocycles. The molecule has 0 N–H and O–H groups in total. The number of hydrogen-bond donors (Lipinski definition) is 0. The zero-order valence-electron chi connectivity index (χ0n) is 18.6. The smallest absolute Gasteiger partial charge is 0.186 e. The van der Waals surface area contributed by atoms with Gasteiger partial charge in [0.05, 0.1) is 0 Å². The zero-order valence-corrected chi connectivity index (χ0v) is 19.6. The van der Waals surface area contributed by atoms with Crippen LogP contribution < -0.4 is 14.8 Å². The standard InChI is InChI=1S/C24H33O3P/c1-15-12-16(2)21(17(3)13-15)22(25)28-20-11-10-18(26-23(4,5)6)14-19(20)27-24(7,8)9/h10-14,28H,1-9H3. The first-order valence-corrected chi connectivity index (χ1v) is 10.7. The van der Waals surface area contributed by atoms with Crippen molar-refractivity contribution in [2.24, 2.45) is 0 Å². The van der Waals surface area contributed by atoms with Crippen molar-refractivity contribution in [1.82, 2.24) is 0 Å². The van der Waals surface area contributed by atoms with Gasteiger partial charge in [-0.1, -0.05) is 17.7 Å². The highest BCUT2D eigenvalue weighted by molar-refractivity contribution is 7.66. The first kappa shape index (κ1) is 22.4. The molecule has 0 radical (unpaired) electrons. The van der Waals surface area contributed by atoms with Crippen LogP contribution in [-0.2, 0) is 0 Å². The monoisotopic (exact) mass is 400 g/mol. The highest BCUT2D eigenvalue weighted by Crippen LogP contribution is 2.32. The number of benzene rings is 2. The van der Waals surface area contributed by atoms with Gasteiger partial charge in [-0.05, 0) is 94.2 Å². The fraction of sp³-hybridized carbons (Fsp3) is 0.458. The van der Waals surface area contributed by atoms with Crippen molar-refractivity contribution in [3.8, 4) is 11.5 Å². The van der Waals surface area contributed by atoms with Crippen LogP contribution in [0, 0.1) is 20.8 Å². The van der Waals surface area contributed by atoms with E-state index in [2.05, 4.69) is 19.1 Å². The predicted octanol–water partition coefficient (Wildman–Crippen LogP) is 6.11. The molecule has 3 nitrogen and oxygen atoms in total. The van der Waals surface area contributed by atoms with E-state index in [0.717, 1.165) is 27.7 Å². The van der Waals surface area contributed by atoms with Gasteiger partial charge in [0.15, 0.2) is 5.52 Å². The Balaban J connectivity index is 2.40. The minimum absolute atomic E-state index is 0.00504. The van der Waals surface area contributed by atoms with Crippen molar-refractivity contribution in [2.75, 3.05) is 0 Å². The summed E-state index contributed by atoms with van der Waals surface area (Å²) in [6, 6.07) is 9.92. The normalized spacial score (nSPS) is 12.5. The molecule has 0 aliphatic heterocycles. The Labute approximate surface area is 171 Å². The van der Waals surface area contributed by atoms with Gasteiger partial charge in [-0.3, -0.25) is 4.79 Å². The van der Waals surface area contributed by atoms with E-state index in [4.69, 9.17) is 9.47 Å². The maximum atomic E-state index is 13.1. The summed E-state index contributed by atoms with van der Waals surface area (Å²) in [5.74, 6) is 1.46. The Hall–Kier alpha value is -1.86. The second kappa shape index (κ2) is 8.25. The lowest BCUT2D eigenvalue weighted by atomic mass is 10.0. The quantitative estimate of drug-likeness (QED) is 0.568. The number of carbonyl (C=O) groups excluding carboxylic acids is 1. The molecule has 28 heavy (non-hydrogen) atoms. The molecule has 0 bridgehead atoms. The minimum Gasteiger partial charge on any atom is -0.488 e. The summed E-state index contributed by atoms with van der Waals surface area (Å²) < 4.78 is 12.2. The molecule has 0 aromatic heterocycles. The highest BCUT2D eigenvalue weighted by atomic mass is 31.1. The van der Waals surface area contributed by atoms with Gasteiger partial charge >= 0.3 is 0 Å². The van der Waals surface area contributed by atoms with E-state index in [1.807, 2.05) is 73.6 Å². The summed E-state index contributed by atoms with van der Waals surface area (Å²) in [6.45, 7) is 18.1. The van der Waals surface area contributed by atoms with E-state index in [1.165, 1.54) is 5.56 Å². The second-order valence-electron chi connectivity index (χ2n) is 9.31. The second-order valence-corrected chi connectivity index (χ2v) is 10.6. The highest BCUT2D eigenvalue weighted by Gasteiger charge is 2.21. The van der Waals surface area contributed by atoms with Crippen LogP contribution in [0.5, 0.6) is 11.5 Å². The average Bonchev–Trinajstić information content (AvgIpc) is 2.45. The first-order chi connectivity index (χ1) is 12.7. The van der Waals surface area contributed by atoms with Gasteiger partial charge in [0, 0.05) is 16.9 Å². The molecular weight excluding hydrogens is 367 g/mol. The number of ether oxygens (including phenoxy) is 2. The molecule has 4 heteroatoms. The van der Waals surface area contributed by atoms with E-state index >= 15 is 0 Å². The Morgan fingerprint density at radius 3 is 1.86 bits per heavy atom. The van der Waals surface area contributed by atoms with Crippen molar-refractivity contribution in [1.29, 1.82) is 0 Å². The van der Waals surface area contributed by atoms with Crippen molar-refractivity contribution >= 4 is 19.4 Å². The van der Waals surface area contributed by atoms with Crippen molar-refractivity contribution in [3.05, 3.63) is 52.6 Å². The Morgan fingerprint density at radius 1 is 0.821 bits per heavy atom. The molecule has 0 spiro atoms. The van der Waals surface area contributed by atoms with Crippen LogP contribution in [0.4, 0.5) is 0 Å². The Morgan fingerprint density at radius 2 is 1.36 bits per heavy atom. The van der Waals surface area contributed by atoms with Crippen LogP contribution in [0.3, 0.4) is 0 Å². The van der Waals surface area contributed by atoms with E-state index in [0.29, 0.717) is 5.75 Å². The molecule has 0 saturated heterocycles. The predicted molar refractivity (Wildman–Crippen MR) is 120 cm³/mol. The SMILES string of the molecule is Cc1cc(C)c(C(=O)Pc2ccc(OC(C)(C)C)cc2OC(C)(C)C)c(C)c1. The van der Waals surface area contributed by atoms with Crippen molar-refractivity contribution in [3.63, 3.8) is 0 Å². The molecule has 1 unspecified atom stereocenters. The molecule has 2 aromatic carbocycles. The van der Waals surface area contributed by atoms with Gasteiger partial charge in [0.1, 0.15) is 22.7 Å². The fourth-order valence-corrected chi connectivity index (χ4v) is 4.34. The zero-order chi connectivity index (χ0) is 21.3. The molecule has 2 aromatic rings. The van der Waals surface area contributed by atoms with Crippen molar-refractivity contribution < 1.29 is 14.3 Å². The van der Waals surface area contributed by atoms with Gasteiger partial charge in [-0.25, -0.2) is 0 Å². The van der Waals surface area contributed by atoms with Gasteiger partial charge in [-0.2, -0.15) is 0 Å². The third-order valence-electron chi connectivity index (χ3n) is 3.95. The summed E-state index contributed by atoms with van der Waals surface area (Å²) in [4.78, 5) is 13.1. The van der Waals surface area contributed by atoms with Gasteiger partial charge < -0.3 is 9.47 Å². The van der Waals surface area contributed by atoms with Gasteiger partial charge in [-0.15, -0.1) is 0 Å². The molecular formula is C24H33O3P. The third kappa shape index (κ3) is 6.34. The van der Waals surface area contributed by atoms with Gasteiger partial charge in [0.25, 0.3) is 0 Å². The number of carbonyl (C=O) groups is 1. The summed E-state index contributed by atoms with van der Waals surface area (Å²) in [5.41, 5.74) is 3.53. The van der Waals surface area contributed by atoms with E-state index in [-0.39, 0.29) is 25.3 Å². The topological polar surface area (TPSA) is 35.5 Å². The van der Waals surface area contributed by atoms with Crippen LogP contribution in [0.1, 0.15) is 68.6 Å². The number of rotatable bonds is 5. The minimum atomic E-state index is -0.363. The maximum Gasteiger partial charge on any atom is 0.186 e. The molecule has 0 aliphatic rings. The third-order valence-corrected chi connectivity index (χ3v) is 5.11. The van der Waals surface area contributed by atoms with Crippen molar-refractivity contribution in [2.45, 2.75) is 73.5 Å². The molecule has 0 fully saturated rings. The van der Waals surface area contributed by atoms with E-state index < -0.39 is 0 Å². The number of aryl methyl sites for hydroxylation is 3.